The van der Waals surface area contributed by atoms with Crippen molar-refractivity contribution in [3.8, 4) is 5.75 Å². The number of hydrogen-bond donors (Lipinski definition) is 1. The minimum atomic E-state index is -0.314. The monoisotopic (exact) mass is 281 g/mol. The summed E-state index contributed by atoms with van der Waals surface area (Å²) in [5.41, 5.74) is 1.07. The maximum Gasteiger partial charge on any atom is 0.165 e. The zero-order valence-corrected chi connectivity index (χ0v) is 12.3. The van der Waals surface area contributed by atoms with E-state index in [4.69, 9.17) is 9.47 Å². The van der Waals surface area contributed by atoms with E-state index < -0.39 is 0 Å². The Morgan fingerprint density at radius 3 is 3.00 bits per heavy atom. The summed E-state index contributed by atoms with van der Waals surface area (Å²) in [4.78, 5) is 0. The van der Waals surface area contributed by atoms with Gasteiger partial charge in [-0.1, -0.05) is 6.07 Å². The molecular formula is C16H24FNO2. The summed E-state index contributed by atoms with van der Waals surface area (Å²) in [6, 6.07) is 5.30. The lowest BCUT2D eigenvalue weighted by Gasteiger charge is -2.18. The molecule has 0 spiro atoms. The Balaban J connectivity index is 1.89. The topological polar surface area (TPSA) is 30.5 Å². The fourth-order valence-electron chi connectivity index (χ4n) is 2.79. The average molecular weight is 281 g/mol. The maximum atomic E-state index is 13.4. The first-order chi connectivity index (χ1) is 9.74. The summed E-state index contributed by atoms with van der Waals surface area (Å²) in [5.74, 6) is -0.00710. The van der Waals surface area contributed by atoms with E-state index >= 15 is 0 Å². The molecule has 1 saturated heterocycles. The minimum Gasteiger partial charge on any atom is -0.494 e. The van der Waals surface area contributed by atoms with Gasteiger partial charge < -0.3 is 14.8 Å². The average Bonchev–Trinajstić information content (AvgIpc) is 2.98. The molecule has 4 heteroatoms. The quantitative estimate of drug-likeness (QED) is 0.830. The van der Waals surface area contributed by atoms with E-state index in [0.717, 1.165) is 31.4 Å². The highest BCUT2D eigenvalue weighted by Crippen LogP contribution is 2.26. The van der Waals surface area contributed by atoms with Gasteiger partial charge in [0.1, 0.15) is 0 Å². The molecule has 1 N–H and O–H groups in total. The third kappa shape index (κ3) is 3.93. The van der Waals surface area contributed by atoms with Gasteiger partial charge in [-0.25, -0.2) is 4.39 Å². The van der Waals surface area contributed by atoms with E-state index in [2.05, 4.69) is 5.32 Å². The number of nitrogens with one attached hydrogen (secondary N) is 1. The van der Waals surface area contributed by atoms with E-state index in [1.807, 2.05) is 13.1 Å². The highest BCUT2D eigenvalue weighted by molar-refractivity contribution is 5.32. The van der Waals surface area contributed by atoms with Gasteiger partial charge in [-0.3, -0.25) is 0 Å². The third-order valence-electron chi connectivity index (χ3n) is 3.97. The zero-order chi connectivity index (χ0) is 14.4. The first-order valence-corrected chi connectivity index (χ1v) is 7.37. The van der Waals surface area contributed by atoms with Crippen molar-refractivity contribution < 1.29 is 13.9 Å². The Morgan fingerprint density at radius 2 is 2.35 bits per heavy atom. The van der Waals surface area contributed by atoms with Crippen LogP contribution in [0.15, 0.2) is 18.2 Å². The Kier molecular flexibility index (Phi) is 5.80. The van der Waals surface area contributed by atoms with E-state index in [-0.39, 0.29) is 11.9 Å². The summed E-state index contributed by atoms with van der Waals surface area (Å²) in [6.45, 7) is 0.912. The number of benzene rings is 1. The first kappa shape index (κ1) is 15.3. The van der Waals surface area contributed by atoms with Crippen molar-refractivity contribution in [3.05, 3.63) is 29.6 Å². The van der Waals surface area contributed by atoms with Crippen molar-refractivity contribution in [2.75, 3.05) is 20.8 Å². The molecule has 0 bridgehead atoms. The van der Waals surface area contributed by atoms with Gasteiger partial charge in [-0.15, -0.1) is 0 Å². The lowest BCUT2D eigenvalue weighted by Crippen LogP contribution is -2.17. The molecule has 1 aliphatic rings. The highest BCUT2D eigenvalue weighted by Gasteiger charge is 2.17. The second-order valence-electron chi connectivity index (χ2n) is 5.30. The van der Waals surface area contributed by atoms with E-state index in [1.165, 1.54) is 26.0 Å². The number of methoxy groups -OCH3 is 1. The smallest absolute Gasteiger partial charge is 0.165 e. The number of halogens is 1. The largest absolute Gasteiger partial charge is 0.494 e. The van der Waals surface area contributed by atoms with Gasteiger partial charge in [0, 0.05) is 12.6 Å². The molecule has 1 aromatic rings. The van der Waals surface area contributed by atoms with Crippen LogP contribution >= 0.6 is 0 Å². The van der Waals surface area contributed by atoms with Gasteiger partial charge in [0.25, 0.3) is 0 Å². The lowest BCUT2D eigenvalue weighted by molar-refractivity contribution is 0.101. The number of hydrogen-bond acceptors (Lipinski definition) is 3. The van der Waals surface area contributed by atoms with Crippen LogP contribution in [0.4, 0.5) is 4.39 Å². The molecule has 20 heavy (non-hydrogen) atoms. The van der Waals surface area contributed by atoms with Gasteiger partial charge in [-0.2, -0.15) is 0 Å². The van der Waals surface area contributed by atoms with Crippen molar-refractivity contribution in [1.82, 2.24) is 5.32 Å². The van der Waals surface area contributed by atoms with Crippen LogP contribution in [0.1, 0.15) is 43.7 Å². The first-order valence-electron chi connectivity index (χ1n) is 7.37. The van der Waals surface area contributed by atoms with Crippen molar-refractivity contribution in [2.24, 2.45) is 0 Å². The summed E-state index contributed by atoms with van der Waals surface area (Å²) in [7, 11) is 3.43. The van der Waals surface area contributed by atoms with Crippen LogP contribution in [-0.2, 0) is 4.74 Å². The number of rotatable bonds is 7. The van der Waals surface area contributed by atoms with Crippen LogP contribution in [0.2, 0.25) is 0 Å². The van der Waals surface area contributed by atoms with Crippen LogP contribution in [0.25, 0.3) is 0 Å². The molecule has 1 aliphatic heterocycles. The Bertz CT molecular complexity index is 419. The predicted molar refractivity (Wildman–Crippen MR) is 77.6 cm³/mol. The van der Waals surface area contributed by atoms with Gasteiger partial charge >= 0.3 is 0 Å². The normalized spacial score (nSPS) is 20.1. The molecular weight excluding hydrogens is 257 g/mol. The molecule has 0 amide bonds. The van der Waals surface area contributed by atoms with Crippen LogP contribution in [0, 0.1) is 5.82 Å². The van der Waals surface area contributed by atoms with Gasteiger partial charge in [0.2, 0.25) is 0 Å². The fourth-order valence-corrected chi connectivity index (χ4v) is 2.79. The van der Waals surface area contributed by atoms with Crippen LogP contribution in [0.3, 0.4) is 0 Å². The van der Waals surface area contributed by atoms with Crippen molar-refractivity contribution in [3.63, 3.8) is 0 Å². The van der Waals surface area contributed by atoms with E-state index in [9.17, 15) is 4.39 Å². The third-order valence-corrected chi connectivity index (χ3v) is 3.97. The molecule has 1 heterocycles. The molecule has 1 fully saturated rings. The molecule has 2 rings (SSSR count). The summed E-state index contributed by atoms with van der Waals surface area (Å²) >= 11 is 0. The molecule has 0 radical (unpaired) electrons. The molecule has 2 unspecified atom stereocenters. The Labute approximate surface area is 120 Å². The molecule has 112 valence electrons. The summed E-state index contributed by atoms with van der Waals surface area (Å²) in [6.07, 6.45) is 6.05. The summed E-state index contributed by atoms with van der Waals surface area (Å²) in [5, 5.41) is 3.30. The van der Waals surface area contributed by atoms with Gasteiger partial charge in [0.15, 0.2) is 11.6 Å². The Hall–Kier alpha value is -1.13. The van der Waals surface area contributed by atoms with Crippen molar-refractivity contribution in [1.29, 1.82) is 0 Å². The van der Waals surface area contributed by atoms with Gasteiger partial charge in [0.05, 0.1) is 13.2 Å². The Morgan fingerprint density at radius 1 is 1.50 bits per heavy atom. The molecule has 0 aliphatic carbocycles. The molecule has 1 aromatic carbocycles. The van der Waals surface area contributed by atoms with Crippen LogP contribution < -0.4 is 10.1 Å². The van der Waals surface area contributed by atoms with Gasteiger partial charge in [-0.05, 0) is 56.8 Å². The standard InChI is InChI=1S/C16H24FNO2/c1-18-15(7-3-5-13-6-4-10-20-13)12-8-9-14(17)16(11-12)19-2/h8-9,11,13,15,18H,3-7,10H2,1-2H3. The molecule has 0 saturated carbocycles. The van der Waals surface area contributed by atoms with Crippen LogP contribution in [0.5, 0.6) is 5.75 Å². The fraction of sp³-hybridized carbons (Fsp3) is 0.625. The van der Waals surface area contributed by atoms with E-state index in [0.29, 0.717) is 11.9 Å². The zero-order valence-electron chi connectivity index (χ0n) is 12.3. The maximum absolute atomic E-state index is 13.4. The predicted octanol–water partition coefficient (Wildman–Crippen LogP) is 3.44. The summed E-state index contributed by atoms with van der Waals surface area (Å²) < 4.78 is 24.1. The van der Waals surface area contributed by atoms with Crippen molar-refractivity contribution >= 4 is 0 Å². The number of ether oxygens (including phenoxy) is 2. The SMILES string of the molecule is CNC(CCCC1CCCO1)c1ccc(F)c(OC)c1. The minimum absolute atomic E-state index is 0.228. The second-order valence-corrected chi connectivity index (χ2v) is 5.30. The molecule has 3 nitrogen and oxygen atoms in total. The van der Waals surface area contributed by atoms with E-state index in [1.54, 1.807) is 6.07 Å². The second kappa shape index (κ2) is 7.60. The highest BCUT2D eigenvalue weighted by atomic mass is 19.1. The molecule has 0 aromatic heterocycles. The van der Waals surface area contributed by atoms with Crippen molar-refractivity contribution in [2.45, 2.75) is 44.2 Å². The van der Waals surface area contributed by atoms with Crippen LogP contribution in [-0.4, -0.2) is 26.9 Å². The lowest BCUT2D eigenvalue weighted by atomic mass is 9.99. The molecule has 2 atom stereocenters.